The van der Waals surface area contributed by atoms with Crippen molar-refractivity contribution in [1.29, 1.82) is 0 Å². The van der Waals surface area contributed by atoms with Crippen molar-refractivity contribution < 1.29 is 4.79 Å². The van der Waals surface area contributed by atoms with Crippen LogP contribution in [-0.4, -0.2) is 6.29 Å². The summed E-state index contributed by atoms with van der Waals surface area (Å²) in [6.45, 7) is 0. The first-order valence-electron chi connectivity index (χ1n) is 5.30. The third-order valence-electron chi connectivity index (χ3n) is 2.72. The molecule has 0 unspecified atom stereocenters. The second-order valence-corrected chi connectivity index (χ2v) is 3.77. The van der Waals surface area contributed by atoms with E-state index in [0.29, 0.717) is 0 Å². The van der Waals surface area contributed by atoms with Gasteiger partial charge in [-0.05, 0) is 36.0 Å². The Bertz CT molecular complexity index is 399. The number of allylic oxidation sites excluding steroid dienone is 3. The summed E-state index contributed by atoms with van der Waals surface area (Å²) in [5.41, 5.74) is 3.36. The van der Waals surface area contributed by atoms with Crippen LogP contribution in [0.3, 0.4) is 0 Å². The molecule has 76 valence electrons. The molecule has 0 aliphatic heterocycles. The Morgan fingerprint density at radius 2 is 1.67 bits per heavy atom. The average Bonchev–Trinajstić information content (AvgIpc) is 2.75. The molecule has 0 fully saturated rings. The molecular formula is C14H14O. The van der Waals surface area contributed by atoms with Gasteiger partial charge in [0.1, 0.15) is 6.29 Å². The van der Waals surface area contributed by atoms with Gasteiger partial charge in [0.05, 0.1) is 0 Å². The standard InChI is InChI=1S/C14H14O/c15-11-14-8-4-7-13(14)10-9-12-5-2-1-3-6-12/h1-3,5-6,9-11H,4,7-8H2. The molecular weight excluding hydrogens is 184 g/mol. The van der Waals surface area contributed by atoms with Crippen molar-refractivity contribution in [2.45, 2.75) is 19.3 Å². The predicted molar refractivity (Wildman–Crippen MR) is 62.4 cm³/mol. The van der Waals surface area contributed by atoms with Gasteiger partial charge in [-0.15, -0.1) is 0 Å². The number of rotatable bonds is 3. The van der Waals surface area contributed by atoms with Crippen LogP contribution in [0.1, 0.15) is 24.8 Å². The monoisotopic (exact) mass is 198 g/mol. The molecule has 0 atom stereocenters. The highest BCUT2D eigenvalue weighted by atomic mass is 16.1. The van der Waals surface area contributed by atoms with E-state index in [1.807, 2.05) is 18.2 Å². The Kier molecular flexibility index (Phi) is 3.13. The summed E-state index contributed by atoms with van der Waals surface area (Å²) in [6, 6.07) is 10.2. The molecule has 0 saturated carbocycles. The van der Waals surface area contributed by atoms with Crippen LogP contribution in [0.4, 0.5) is 0 Å². The van der Waals surface area contributed by atoms with E-state index in [4.69, 9.17) is 0 Å². The van der Waals surface area contributed by atoms with E-state index >= 15 is 0 Å². The van der Waals surface area contributed by atoms with Gasteiger partial charge >= 0.3 is 0 Å². The van der Waals surface area contributed by atoms with E-state index in [9.17, 15) is 4.79 Å². The second-order valence-electron chi connectivity index (χ2n) is 3.77. The molecule has 0 amide bonds. The highest BCUT2D eigenvalue weighted by molar-refractivity contribution is 5.77. The fraction of sp³-hybridized carbons (Fsp3) is 0.214. The molecule has 0 spiro atoms. The molecule has 1 aromatic rings. The maximum atomic E-state index is 10.7. The van der Waals surface area contributed by atoms with Crippen LogP contribution in [0.2, 0.25) is 0 Å². The summed E-state index contributed by atoms with van der Waals surface area (Å²) < 4.78 is 0. The van der Waals surface area contributed by atoms with Gasteiger partial charge in [-0.2, -0.15) is 0 Å². The first kappa shape index (κ1) is 9.91. The number of benzene rings is 1. The van der Waals surface area contributed by atoms with Crippen LogP contribution in [0.15, 0.2) is 47.6 Å². The normalized spacial score (nSPS) is 16.3. The zero-order valence-electron chi connectivity index (χ0n) is 8.65. The Balaban J connectivity index is 2.15. The van der Waals surface area contributed by atoms with Gasteiger partial charge in [0.25, 0.3) is 0 Å². The van der Waals surface area contributed by atoms with Gasteiger partial charge in [-0.3, -0.25) is 4.79 Å². The van der Waals surface area contributed by atoms with Crippen LogP contribution < -0.4 is 0 Å². The third kappa shape index (κ3) is 2.44. The van der Waals surface area contributed by atoms with Gasteiger partial charge in [-0.25, -0.2) is 0 Å². The van der Waals surface area contributed by atoms with E-state index in [0.717, 1.165) is 31.1 Å². The number of carbonyl (C=O) groups excluding carboxylic acids is 1. The number of aldehydes is 1. The molecule has 0 bridgehead atoms. The average molecular weight is 198 g/mol. The van der Waals surface area contributed by atoms with Crippen molar-refractivity contribution >= 4 is 12.4 Å². The highest BCUT2D eigenvalue weighted by Crippen LogP contribution is 2.25. The summed E-state index contributed by atoms with van der Waals surface area (Å²) >= 11 is 0. The van der Waals surface area contributed by atoms with Gasteiger partial charge in [0.15, 0.2) is 0 Å². The lowest BCUT2D eigenvalue weighted by Gasteiger charge is -1.95. The summed E-state index contributed by atoms with van der Waals surface area (Å²) in [5, 5.41) is 0. The number of hydrogen-bond acceptors (Lipinski definition) is 1. The minimum atomic E-state index is 0.942. The third-order valence-corrected chi connectivity index (χ3v) is 2.72. The largest absolute Gasteiger partial charge is 0.298 e. The summed E-state index contributed by atoms with van der Waals surface area (Å²) in [6.07, 6.45) is 8.24. The molecule has 0 radical (unpaired) electrons. The highest BCUT2D eigenvalue weighted by Gasteiger charge is 2.10. The van der Waals surface area contributed by atoms with E-state index < -0.39 is 0 Å². The molecule has 1 aliphatic rings. The molecule has 0 heterocycles. The van der Waals surface area contributed by atoms with Gasteiger partial charge in [-0.1, -0.05) is 42.5 Å². The lowest BCUT2D eigenvalue weighted by atomic mass is 10.1. The van der Waals surface area contributed by atoms with E-state index in [1.165, 1.54) is 11.1 Å². The SMILES string of the molecule is O=CC1=C(C=Cc2ccccc2)CCC1. The Hall–Kier alpha value is -1.63. The topological polar surface area (TPSA) is 17.1 Å². The lowest BCUT2D eigenvalue weighted by molar-refractivity contribution is -0.105. The fourth-order valence-electron chi connectivity index (χ4n) is 1.88. The summed E-state index contributed by atoms with van der Waals surface area (Å²) in [7, 11) is 0. The zero-order valence-corrected chi connectivity index (χ0v) is 8.65. The van der Waals surface area contributed by atoms with E-state index in [2.05, 4.69) is 24.3 Å². The van der Waals surface area contributed by atoms with Crippen molar-refractivity contribution in [3.8, 4) is 0 Å². The van der Waals surface area contributed by atoms with Crippen molar-refractivity contribution in [3.63, 3.8) is 0 Å². The summed E-state index contributed by atoms with van der Waals surface area (Å²) in [5.74, 6) is 0. The Labute approximate surface area is 90.1 Å². The first-order valence-corrected chi connectivity index (χ1v) is 5.30. The lowest BCUT2D eigenvalue weighted by Crippen LogP contribution is -1.81. The van der Waals surface area contributed by atoms with Crippen LogP contribution in [0.25, 0.3) is 6.08 Å². The Morgan fingerprint density at radius 1 is 0.933 bits per heavy atom. The van der Waals surface area contributed by atoms with Crippen molar-refractivity contribution in [2.75, 3.05) is 0 Å². The van der Waals surface area contributed by atoms with Crippen LogP contribution >= 0.6 is 0 Å². The van der Waals surface area contributed by atoms with Gasteiger partial charge < -0.3 is 0 Å². The zero-order chi connectivity index (χ0) is 10.5. The molecule has 1 aromatic carbocycles. The van der Waals surface area contributed by atoms with Crippen LogP contribution in [-0.2, 0) is 4.79 Å². The Morgan fingerprint density at radius 3 is 2.40 bits per heavy atom. The molecule has 0 N–H and O–H groups in total. The number of hydrogen-bond donors (Lipinski definition) is 0. The molecule has 0 saturated heterocycles. The predicted octanol–water partition coefficient (Wildman–Crippen LogP) is 3.38. The van der Waals surface area contributed by atoms with Crippen LogP contribution in [0, 0.1) is 0 Å². The second kappa shape index (κ2) is 4.74. The van der Waals surface area contributed by atoms with Gasteiger partial charge in [0, 0.05) is 0 Å². The quantitative estimate of drug-likeness (QED) is 0.680. The van der Waals surface area contributed by atoms with E-state index in [-0.39, 0.29) is 0 Å². The smallest absolute Gasteiger partial charge is 0.146 e. The first-order chi connectivity index (χ1) is 7.40. The van der Waals surface area contributed by atoms with Crippen molar-refractivity contribution in [3.05, 3.63) is 53.1 Å². The van der Waals surface area contributed by atoms with E-state index in [1.54, 1.807) is 0 Å². The van der Waals surface area contributed by atoms with Crippen LogP contribution in [0.5, 0.6) is 0 Å². The molecule has 1 nitrogen and oxygen atoms in total. The minimum Gasteiger partial charge on any atom is -0.298 e. The van der Waals surface area contributed by atoms with Crippen molar-refractivity contribution in [1.82, 2.24) is 0 Å². The minimum absolute atomic E-state index is 0.942. The maximum Gasteiger partial charge on any atom is 0.146 e. The fourth-order valence-corrected chi connectivity index (χ4v) is 1.88. The number of carbonyl (C=O) groups is 1. The molecule has 1 heteroatoms. The molecule has 1 aliphatic carbocycles. The molecule has 2 rings (SSSR count). The maximum absolute atomic E-state index is 10.7. The summed E-state index contributed by atoms with van der Waals surface area (Å²) in [4.78, 5) is 10.7. The van der Waals surface area contributed by atoms with Gasteiger partial charge in [0.2, 0.25) is 0 Å². The van der Waals surface area contributed by atoms with Crippen molar-refractivity contribution in [2.24, 2.45) is 0 Å². The molecule has 0 aromatic heterocycles. The molecule has 15 heavy (non-hydrogen) atoms.